The van der Waals surface area contributed by atoms with Gasteiger partial charge in [-0.2, -0.15) is 0 Å². The summed E-state index contributed by atoms with van der Waals surface area (Å²) < 4.78 is 2.08. The average Bonchev–Trinajstić information content (AvgIpc) is 3.12. The summed E-state index contributed by atoms with van der Waals surface area (Å²) in [4.78, 5) is 0. The molecule has 0 spiro atoms. The Labute approximate surface area is 174 Å². The quantitative estimate of drug-likeness (QED) is 0.355. The molecule has 28 heavy (non-hydrogen) atoms. The fourth-order valence-corrected chi connectivity index (χ4v) is 4.07. The van der Waals surface area contributed by atoms with Crippen LogP contribution in [0.25, 0.3) is 17.1 Å². The molecule has 4 aromatic rings. The summed E-state index contributed by atoms with van der Waals surface area (Å²) in [5, 5.41) is 10.5. The van der Waals surface area contributed by atoms with E-state index in [1.807, 2.05) is 24.3 Å². The molecule has 4 rings (SSSR count). The minimum Gasteiger partial charge on any atom is -0.270 e. The number of aromatic nitrogens is 3. The van der Waals surface area contributed by atoms with E-state index in [0.717, 1.165) is 28.0 Å². The second-order valence-electron chi connectivity index (χ2n) is 6.73. The molecule has 0 amide bonds. The highest BCUT2D eigenvalue weighted by molar-refractivity contribution is 7.98. The molecular weight excluding hydrogens is 386 g/mol. The summed E-state index contributed by atoms with van der Waals surface area (Å²) in [6.07, 6.45) is 0. The van der Waals surface area contributed by atoms with Gasteiger partial charge < -0.3 is 0 Å². The Morgan fingerprint density at radius 3 is 2.14 bits per heavy atom. The molecule has 0 bridgehead atoms. The molecule has 0 atom stereocenters. The first-order valence-corrected chi connectivity index (χ1v) is 10.4. The monoisotopic (exact) mass is 405 g/mol. The van der Waals surface area contributed by atoms with E-state index in [2.05, 4.69) is 77.1 Å². The molecule has 3 aromatic carbocycles. The number of nitrogens with zero attached hydrogens (tertiary/aromatic N) is 3. The lowest BCUT2D eigenvalue weighted by atomic mass is 10.2. The third-order valence-electron chi connectivity index (χ3n) is 4.53. The second kappa shape index (κ2) is 8.21. The Balaban J connectivity index is 1.74. The molecule has 0 N–H and O–H groups in total. The molecule has 0 unspecified atom stereocenters. The van der Waals surface area contributed by atoms with E-state index < -0.39 is 0 Å². The number of aryl methyl sites for hydroxylation is 2. The highest BCUT2D eigenvalue weighted by Crippen LogP contribution is 2.33. The van der Waals surface area contributed by atoms with Gasteiger partial charge in [-0.1, -0.05) is 83.0 Å². The molecule has 0 aliphatic rings. The average molecular weight is 406 g/mol. The topological polar surface area (TPSA) is 30.7 Å². The minimum atomic E-state index is 0.665. The molecule has 0 radical (unpaired) electrons. The van der Waals surface area contributed by atoms with Gasteiger partial charge in [0.2, 0.25) is 0 Å². The Morgan fingerprint density at radius 2 is 1.46 bits per heavy atom. The van der Waals surface area contributed by atoms with E-state index >= 15 is 0 Å². The summed E-state index contributed by atoms with van der Waals surface area (Å²) in [6.45, 7) is 4.18. The van der Waals surface area contributed by atoms with E-state index in [-0.39, 0.29) is 0 Å². The Kier molecular flexibility index (Phi) is 5.51. The van der Waals surface area contributed by atoms with Gasteiger partial charge >= 0.3 is 0 Å². The summed E-state index contributed by atoms with van der Waals surface area (Å²) >= 11 is 8.13. The lowest BCUT2D eigenvalue weighted by Gasteiger charge is -2.11. The van der Waals surface area contributed by atoms with Crippen molar-refractivity contribution in [3.8, 4) is 17.1 Å². The Hall–Kier alpha value is -2.56. The van der Waals surface area contributed by atoms with Crippen LogP contribution < -0.4 is 0 Å². The van der Waals surface area contributed by atoms with Crippen molar-refractivity contribution in [1.29, 1.82) is 0 Å². The van der Waals surface area contributed by atoms with E-state index in [4.69, 9.17) is 11.6 Å². The normalized spacial score (nSPS) is 11.0. The first-order valence-electron chi connectivity index (χ1n) is 9.07. The molecule has 140 valence electrons. The highest BCUT2D eigenvalue weighted by atomic mass is 35.5. The first kappa shape index (κ1) is 18.8. The lowest BCUT2D eigenvalue weighted by molar-refractivity contribution is 0.885. The van der Waals surface area contributed by atoms with Crippen LogP contribution in [0.3, 0.4) is 0 Å². The summed E-state index contributed by atoms with van der Waals surface area (Å²) in [5.74, 6) is 1.58. The van der Waals surface area contributed by atoms with Crippen LogP contribution >= 0.6 is 23.4 Å². The van der Waals surface area contributed by atoms with Gasteiger partial charge in [-0.05, 0) is 43.7 Å². The molecular formula is C23H20ClN3S. The molecule has 0 saturated heterocycles. The Bertz CT molecular complexity index is 1090. The van der Waals surface area contributed by atoms with Gasteiger partial charge in [-0.3, -0.25) is 4.57 Å². The molecule has 0 saturated carbocycles. The number of rotatable bonds is 5. The van der Waals surface area contributed by atoms with Crippen molar-refractivity contribution in [2.75, 3.05) is 0 Å². The number of halogens is 1. The predicted molar refractivity (Wildman–Crippen MR) is 117 cm³/mol. The number of hydrogen-bond acceptors (Lipinski definition) is 3. The van der Waals surface area contributed by atoms with Crippen molar-refractivity contribution < 1.29 is 0 Å². The van der Waals surface area contributed by atoms with Crippen molar-refractivity contribution in [3.05, 3.63) is 94.5 Å². The molecule has 0 fully saturated rings. The highest BCUT2D eigenvalue weighted by Gasteiger charge is 2.18. The zero-order chi connectivity index (χ0) is 19.5. The van der Waals surface area contributed by atoms with Crippen LogP contribution in [0.5, 0.6) is 0 Å². The van der Waals surface area contributed by atoms with Crippen LogP contribution in [0.1, 0.15) is 16.7 Å². The standard InChI is InChI=1S/C23H20ClN3S/c1-16-7-11-18(12-8-16)15-28-23-26-25-22(20-5-3-4-6-21(20)24)27(23)19-13-9-17(2)10-14-19/h3-14H,15H2,1-2H3. The number of hydrogen-bond donors (Lipinski definition) is 0. The predicted octanol–water partition coefficient (Wildman–Crippen LogP) is 6.50. The van der Waals surface area contributed by atoms with E-state index in [1.165, 1.54) is 16.7 Å². The maximum absolute atomic E-state index is 6.45. The van der Waals surface area contributed by atoms with Crippen LogP contribution in [0.4, 0.5) is 0 Å². The molecule has 3 nitrogen and oxygen atoms in total. The van der Waals surface area contributed by atoms with Crippen molar-refractivity contribution in [1.82, 2.24) is 14.8 Å². The largest absolute Gasteiger partial charge is 0.270 e. The number of thioether (sulfide) groups is 1. The van der Waals surface area contributed by atoms with E-state index in [0.29, 0.717) is 5.02 Å². The zero-order valence-electron chi connectivity index (χ0n) is 15.8. The third-order valence-corrected chi connectivity index (χ3v) is 5.86. The summed E-state index contributed by atoms with van der Waals surface area (Å²) in [6, 6.07) is 24.7. The fraction of sp³-hybridized carbons (Fsp3) is 0.130. The summed E-state index contributed by atoms with van der Waals surface area (Å²) in [7, 11) is 0. The maximum Gasteiger partial charge on any atom is 0.196 e. The van der Waals surface area contributed by atoms with Crippen LogP contribution in [0.2, 0.25) is 5.02 Å². The van der Waals surface area contributed by atoms with Crippen molar-refractivity contribution in [2.45, 2.75) is 24.8 Å². The molecule has 1 heterocycles. The van der Waals surface area contributed by atoms with Gasteiger partial charge in [0.1, 0.15) is 0 Å². The molecule has 1 aromatic heterocycles. The fourth-order valence-electron chi connectivity index (χ4n) is 2.94. The molecule has 0 aliphatic heterocycles. The van der Waals surface area contributed by atoms with E-state index in [1.54, 1.807) is 11.8 Å². The summed E-state index contributed by atoms with van der Waals surface area (Å²) in [5.41, 5.74) is 5.63. The first-order chi connectivity index (χ1) is 13.6. The molecule has 5 heteroatoms. The van der Waals surface area contributed by atoms with Crippen LogP contribution in [0.15, 0.2) is 78.0 Å². The van der Waals surface area contributed by atoms with Crippen LogP contribution in [-0.2, 0) is 5.75 Å². The SMILES string of the molecule is Cc1ccc(CSc2nnc(-c3ccccc3Cl)n2-c2ccc(C)cc2)cc1. The third kappa shape index (κ3) is 3.98. The number of benzene rings is 3. The Morgan fingerprint density at radius 1 is 0.821 bits per heavy atom. The zero-order valence-corrected chi connectivity index (χ0v) is 17.3. The van der Waals surface area contributed by atoms with Gasteiger partial charge in [0.25, 0.3) is 0 Å². The van der Waals surface area contributed by atoms with Crippen LogP contribution in [-0.4, -0.2) is 14.8 Å². The van der Waals surface area contributed by atoms with Crippen molar-refractivity contribution in [2.24, 2.45) is 0 Å². The smallest absolute Gasteiger partial charge is 0.196 e. The van der Waals surface area contributed by atoms with Crippen LogP contribution in [0, 0.1) is 13.8 Å². The minimum absolute atomic E-state index is 0.665. The van der Waals surface area contributed by atoms with Gasteiger partial charge in [-0.15, -0.1) is 10.2 Å². The van der Waals surface area contributed by atoms with Gasteiger partial charge in [-0.25, -0.2) is 0 Å². The van der Waals surface area contributed by atoms with Gasteiger partial charge in [0, 0.05) is 17.0 Å². The van der Waals surface area contributed by atoms with E-state index in [9.17, 15) is 0 Å². The van der Waals surface area contributed by atoms with Gasteiger partial charge in [0.05, 0.1) is 5.02 Å². The maximum atomic E-state index is 6.45. The van der Waals surface area contributed by atoms with Crippen molar-refractivity contribution in [3.63, 3.8) is 0 Å². The van der Waals surface area contributed by atoms with Crippen molar-refractivity contribution >= 4 is 23.4 Å². The lowest BCUT2D eigenvalue weighted by Crippen LogP contribution is -2.00. The van der Waals surface area contributed by atoms with Gasteiger partial charge in [0.15, 0.2) is 11.0 Å². The second-order valence-corrected chi connectivity index (χ2v) is 8.08. The molecule has 0 aliphatic carbocycles.